The van der Waals surface area contributed by atoms with Gasteiger partial charge in [-0.25, -0.2) is 9.69 Å². The van der Waals surface area contributed by atoms with Crippen molar-refractivity contribution in [1.29, 1.82) is 0 Å². The fourth-order valence-electron chi connectivity index (χ4n) is 4.32. The van der Waals surface area contributed by atoms with E-state index in [4.69, 9.17) is 4.74 Å². The van der Waals surface area contributed by atoms with Crippen molar-refractivity contribution in [3.63, 3.8) is 0 Å². The number of imide groups is 1. The fraction of sp³-hybridized carbons (Fsp3) is 0.385. The number of carbonyl (C=O) groups is 4. The Morgan fingerprint density at radius 2 is 1.68 bits per heavy atom. The number of hydrogen-bond acceptors (Lipinski definition) is 6. The van der Waals surface area contributed by atoms with Crippen molar-refractivity contribution >= 4 is 46.8 Å². The Morgan fingerprint density at radius 1 is 1.00 bits per heavy atom. The highest BCUT2D eigenvalue weighted by Gasteiger charge is 2.40. The van der Waals surface area contributed by atoms with E-state index in [0.29, 0.717) is 11.3 Å². The largest absolute Gasteiger partial charge is 0.462 e. The summed E-state index contributed by atoms with van der Waals surface area (Å²) in [6.07, 6.45) is 5.40. The van der Waals surface area contributed by atoms with Crippen LogP contribution in [0, 0.1) is 5.92 Å². The number of hydrogen-bond donors (Lipinski definition) is 1. The number of ether oxygens (including phenoxy) is 1. The van der Waals surface area contributed by atoms with E-state index >= 15 is 0 Å². The quantitative estimate of drug-likeness (QED) is 0.452. The molecule has 1 N–H and O–H groups in total. The first kappa shape index (κ1) is 24.0. The molecular formula is C26H28N2O5S. The zero-order valence-corrected chi connectivity index (χ0v) is 19.9. The predicted octanol–water partition coefficient (Wildman–Crippen LogP) is 4.81. The van der Waals surface area contributed by atoms with Gasteiger partial charge in [-0.1, -0.05) is 19.3 Å². The molecule has 1 heterocycles. The number of anilines is 2. The molecule has 7 nitrogen and oxygen atoms in total. The van der Waals surface area contributed by atoms with Crippen LogP contribution in [0.15, 0.2) is 53.4 Å². The summed E-state index contributed by atoms with van der Waals surface area (Å²) in [7, 11) is 0. The van der Waals surface area contributed by atoms with Crippen molar-refractivity contribution < 1.29 is 23.9 Å². The Kier molecular flexibility index (Phi) is 7.67. The lowest BCUT2D eigenvalue weighted by atomic mass is 9.88. The van der Waals surface area contributed by atoms with E-state index < -0.39 is 11.2 Å². The summed E-state index contributed by atoms with van der Waals surface area (Å²) in [5, 5.41) is 2.46. The Balaban J connectivity index is 1.36. The number of nitrogens with zero attached hydrogens (tertiary/aromatic N) is 1. The highest BCUT2D eigenvalue weighted by molar-refractivity contribution is 8.00. The first-order chi connectivity index (χ1) is 16.5. The van der Waals surface area contributed by atoms with Gasteiger partial charge in [0.15, 0.2) is 0 Å². The monoisotopic (exact) mass is 480 g/mol. The molecule has 2 aliphatic rings. The minimum absolute atomic E-state index is 0.0706. The van der Waals surface area contributed by atoms with Crippen LogP contribution in [-0.4, -0.2) is 35.5 Å². The highest BCUT2D eigenvalue weighted by Crippen LogP contribution is 2.34. The average molecular weight is 481 g/mol. The topological polar surface area (TPSA) is 92.8 Å². The van der Waals surface area contributed by atoms with E-state index in [1.165, 1.54) is 23.1 Å². The molecule has 1 aliphatic heterocycles. The van der Waals surface area contributed by atoms with Crippen LogP contribution >= 0.6 is 11.8 Å². The number of amides is 3. The maximum absolute atomic E-state index is 13.0. The standard InChI is InChI=1S/C26H28N2O5S/c1-2-33-26(32)18-8-12-20(13-9-18)28-23(29)16-22(25(28)31)34-21-14-10-19(11-15-21)27-24(30)17-6-4-3-5-7-17/h8-15,17,22H,2-7,16H2,1H3,(H,27,30). The molecule has 0 radical (unpaired) electrons. The van der Waals surface area contributed by atoms with Crippen LogP contribution in [0.25, 0.3) is 0 Å². The van der Waals surface area contributed by atoms with Crippen molar-refractivity contribution in [2.75, 3.05) is 16.8 Å². The van der Waals surface area contributed by atoms with Gasteiger partial charge in [0, 0.05) is 22.9 Å². The van der Waals surface area contributed by atoms with Gasteiger partial charge in [-0.05, 0) is 68.3 Å². The normalized spacial score (nSPS) is 18.7. The number of nitrogens with one attached hydrogen (secondary N) is 1. The molecule has 178 valence electrons. The van der Waals surface area contributed by atoms with Gasteiger partial charge in [0.2, 0.25) is 17.7 Å². The van der Waals surface area contributed by atoms with Gasteiger partial charge in [0.25, 0.3) is 0 Å². The van der Waals surface area contributed by atoms with Crippen molar-refractivity contribution in [3.8, 4) is 0 Å². The van der Waals surface area contributed by atoms with Crippen LogP contribution in [0.5, 0.6) is 0 Å². The molecule has 3 amide bonds. The van der Waals surface area contributed by atoms with Crippen LogP contribution in [0.3, 0.4) is 0 Å². The molecule has 4 rings (SSSR count). The third-order valence-corrected chi connectivity index (χ3v) is 7.32. The fourth-order valence-corrected chi connectivity index (χ4v) is 5.37. The molecule has 0 spiro atoms. The van der Waals surface area contributed by atoms with Crippen molar-refractivity contribution in [3.05, 3.63) is 54.1 Å². The van der Waals surface area contributed by atoms with Gasteiger partial charge < -0.3 is 10.1 Å². The second kappa shape index (κ2) is 10.9. The van der Waals surface area contributed by atoms with Crippen molar-refractivity contribution in [2.45, 2.75) is 55.6 Å². The number of thioether (sulfide) groups is 1. The van der Waals surface area contributed by atoms with Gasteiger partial charge in [-0.3, -0.25) is 14.4 Å². The Hall–Kier alpha value is -3.13. The maximum atomic E-state index is 13.0. The Labute approximate surface area is 203 Å². The first-order valence-corrected chi connectivity index (χ1v) is 12.6. The van der Waals surface area contributed by atoms with Gasteiger partial charge in [-0.2, -0.15) is 0 Å². The lowest BCUT2D eigenvalue weighted by molar-refractivity contribution is -0.122. The minimum atomic E-state index is -0.528. The van der Waals surface area contributed by atoms with Gasteiger partial charge >= 0.3 is 5.97 Å². The molecule has 1 atom stereocenters. The molecular weight excluding hydrogens is 452 g/mol. The number of benzene rings is 2. The van der Waals surface area contributed by atoms with Crippen molar-refractivity contribution in [1.82, 2.24) is 0 Å². The number of carbonyl (C=O) groups excluding carboxylic acids is 4. The summed E-state index contributed by atoms with van der Waals surface area (Å²) in [4.78, 5) is 51.8. The number of esters is 1. The molecule has 2 aromatic carbocycles. The maximum Gasteiger partial charge on any atom is 0.338 e. The SMILES string of the molecule is CCOC(=O)c1ccc(N2C(=O)CC(Sc3ccc(NC(=O)C4CCCCC4)cc3)C2=O)cc1. The first-order valence-electron chi connectivity index (χ1n) is 11.7. The minimum Gasteiger partial charge on any atom is -0.462 e. The van der Waals surface area contributed by atoms with E-state index in [-0.39, 0.29) is 36.7 Å². The molecule has 0 bridgehead atoms. The van der Waals surface area contributed by atoms with Crippen LogP contribution in [0.1, 0.15) is 55.8 Å². The van der Waals surface area contributed by atoms with Gasteiger partial charge in [-0.15, -0.1) is 11.8 Å². The predicted molar refractivity (Wildman–Crippen MR) is 131 cm³/mol. The lowest BCUT2D eigenvalue weighted by Crippen LogP contribution is -2.31. The van der Waals surface area contributed by atoms with Crippen molar-refractivity contribution in [2.24, 2.45) is 5.92 Å². The Bertz CT molecular complexity index is 1060. The highest BCUT2D eigenvalue weighted by atomic mass is 32.2. The molecule has 1 saturated heterocycles. The number of rotatable bonds is 7. The summed E-state index contributed by atoms with van der Waals surface area (Å²) >= 11 is 1.33. The second-order valence-electron chi connectivity index (χ2n) is 8.49. The summed E-state index contributed by atoms with van der Waals surface area (Å²) in [5.74, 6) is -0.847. The van der Waals surface area contributed by atoms with Crippen LogP contribution in [0.2, 0.25) is 0 Å². The summed E-state index contributed by atoms with van der Waals surface area (Å²) < 4.78 is 4.97. The average Bonchev–Trinajstić information content (AvgIpc) is 3.13. The third kappa shape index (κ3) is 5.50. The zero-order chi connectivity index (χ0) is 24.1. The molecule has 1 saturated carbocycles. The smallest absolute Gasteiger partial charge is 0.338 e. The van der Waals surface area contributed by atoms with E-state index in [1.54, 1.807) is 31.2 Å². The van der Waals surface area contributed by atoms with E-state index in [1.807, 2.05) is 24.3 Å². The van der Waals surface area contributed by atoms with Crippen LogP contribution in [0.4, 0.5) is 11.4 Å². The molecule has 0 aromatic heterocycles. The van der Waals surface area contributed by atoms with Gasteiger partial charge in [0.1, 0.15) is 0 Å². The second-order valence-corrected chi connectivity index (χ2v) is 9.77. The zero-order valence-electron chi connectivity index (χ0n) is 19.1. The van der Waals surface area contributed by atoms with Gasteiger partial charge in [0.05, 0.1) is 23.1 Å². The molecule has 2 aromatic rings. The van der Waals surface area contributed by atoms with E-state index in [0.717, 1.165) is 36.3 Å². The van der Waals surface area contributed by atoms with Crippen LogP contribution in [-0.2, 0) is 19.1 Å². The summed E-state index contributed by atoms with van der Waals surface area (Å²) in [5.41, 5.74) is 1.54. The summed E-state index contributed by atoms with van der Waals surface area (Å²) in [6, 6.07) is 13.6. The van der Waals surface area contributed by atoms with E-state index in [2.05, 4.69) is 5.32 Å². The Morgan fingerprint density at radius 3 is 2.32 bits per heavy atom. The molecule has 1 aliphatic carbocycles. The van der Waals surface area contributed by atoms with E-state index in [9.17, 15) is 19.2 Å². The molecule has 1 unspecified atom stereocenters. The molecule has 2 fully saturated rings. The lowest BCUT2D eigenvalue weighted by Gasteiger charge is -2.20. The summed E-state index contributed by atoms with van der Waals surface area (Å²) in [6.45, 7) is 2.00. The molecule has 8 heteroatoms. The molecule has 34 heavy (non-hydrogen) atoms. The van der Waals surface area contributed by atoms with Crippen LogP contribution < -0.4 is 10.2 Å². The third-order valence-electron chi connectivity index (χ3n) is 6.12.